The van der Waals surface area contributed by atoms with E-state index in [9.17, 15) is 0 Å². The molecular formula is C13H19N5. The lowest BCUT2D eigenvalue weighted by atomic mass is 10.3. The van der Waals surface area contributed by atoms with Crippen LogP contribution in [0.3, 0.4) is 0 Å². The molecule has 18 heavy (non-hydrogen) atoms. The lowest BCUT2D eigenvalue weighted by molar-refractivity contribution is 0.536. The highest BCUT2D eigenvalue weighted by Gasteiger charge is 2.11. The van der Waals surface area contributed by atoms with Gasteiger partial charge in [-0.05, 0) is 32.4 Å². The first-order valence-electron chi connectivity index (χ1n) is 6.33. The first-order chi connectivity index (χ1) is 8.72. The molecule has 5 nitrogen and oxygen atoms in total. The summed E-state index contributed by atoms with van der Waals surface area (Å²) in [5.41, 5.74) is 0.849. The Morgan fingerprint density at radius 2 is 2.17 bits per heavy atom. The van der Waals surface area contributed by atoms with Gasteiger partial charge in [0.15, 0.2) is 5.82 Å². The second-order valence-electron chi connectivity index (χ2n) is 4.46. The van der Waals surface area contributed by atoms with Gasteiger partial charge in [0.1, 0.15) is 17.8 Å². The quantitative estimate of drug-likeness (QED) is 0.880. The molecule has 5 heteroatoms. The molecule has 0 fully saturated rings. The van der Waals surface area contributed by atoms with Gasteiger partial charge in [0.05, 0.1) is 0 Å². The van der Waals surface area contributed by atoms with Gasteiger partial charge in [0, 0.05) is 12.6 Å². The van der Waals surface area contributed by atoms with Crippen LogP contribution in [0.15, 0.2) is 24.5 Å². The number of anilines is 1. The van der Waals surface area contributed by atoms with Crippen LogP contribution in [0.1, 0.15) is 33.2 Å². The fourth-order valence-electron chi connectivity index (χ4n) is 1.72. The van der Waals surface area contributed by atoms with Crippen molar-refractivity contribution < 1.29 is 0 Å². The fraction of sp³-hybridized carbons (Fsp3) is 0.462. The standard InChI is InChI=1S/C13H19N5/c1-4-8-14-12-7-5-6-11(17-12)13-15-9-16-18(13)10(2)3/h5-7,9-10H,4,8H2,1-3H3,(H,14,17). The molecule has 0 atom stereocenters. The van der Waals surface area contributed by atoms with E-state index in [1.54, 1.807) is 6.33 Å². The Kier molecular flexibility index (Phi) is 3.92. The molecule has 0 spiro atoms. The van der Waals surface area contributed by atoms with Crippen LogP contribution >= 0.6 is 0 Å². The highest BCUT2D eigenvalue weighted by atomic mass is 15.3. The van der Waals surface area contributed by atoms with E-state index in [1.165, 1.54) is 0 Å². The van der Waals surface area contributed by atoms with Gasteiger partial charge in [-0.1, -0.05) is 13.0 Å². The third-order valence-electron chi connectivity index (χ3n) is 2.60. The third-order valence-corrected chi connectivity index (χ3v) is 2.60. The van der Waals surface area contributed by atoms with Crippen molar-refractivity contribution >= 4 is 5.82 Å². The normalized spacial score (nSPS) is 10.9. The smallest absolute Gasteiger partial charge is 0.177 e. The van der Waals surface area contributed by atoms with E-state index in [0.29, 0.717) is 0 Å². The molecule has 96 valence electrons. The third kappa shape index (κ3) is 2.67. The Bertz CT molecular complexity index is 504. The van der Waals surface area contributed by atoms with Crippen LogP contribution in [0.4, 0.5) is 5.82 Å². The Balaban J connectivity index is 2.29. The van der Waals surface area contributed by atoms with Crippen LogP contribution in [0.5, 0.6) is 0 Å². The summed E-state index contributed by atoms with van der Waals surface area (Å²) in [5, 5.41) is 7.51. The number of nitrogens with zero attached hydrogens (tertiary/aromatic N) is 4. The van der Waals surface area contributed by atoms with Crippen molar-refractivity contribution in [2.75, 3.05) is 11.9 Å². The van der Waals surface area contributed by atoms with Gasteiger partial charge in [-0.25, -0.2) is 14.6 Å². The molecule has 0 amide bonds. The molecule has 0 unspecified atom stereocenters. The highest BCUT2D eigenvalue weighted by Crippen LogP contribution is 2.18. The molecule has 0 aliphatic heterocycles. The molecule has 0 bridgehead atoms. The zero-order valence-electron chi connectivity index (χ0n) is 11.1. The Morgan fingerprint density at radius 1 is 1.33 bits per heavy atom. The van der Waals surface area contributed by atoms with E-state index < -0.39 is 0 Å². The van der Waals surface area contributed by atoms with E-state index in [4.69, 9.17) is 0 Å². The fourth-order valence-corrected chi connectivity index (χ4v) is 1.72. The maximum atomic E-state index is 4.56. The van der Waals surface area contributed by atoms with Gasteiger partial charge in [0.2, 0.25) is 0 Å². The van der Waals surface area contributed by atoms with E-state index in [-0.39, 0.29) is 6.04 Å². The zero-order valence-corrected chi connectivity index (χ0v) is 11.1. The van der Waals surface area contributed by atoms with Crippen LogP contribution < -0.4 is 5.32 Å². The number of aromatic nitrogens is 4. The lowest BCUT2D eigenvalue weighted by Crippen LogP contribution is -2.07. The summed E-state index contributed by atoms with van der Waals surface area (Å²) < 4.78 is 1.88. The van der Waals surface area contributed by atoms with E-state index in [1.807, 2.05) is 22.9 Å². The van der Waals surface area contributed by atoms with Crippen LogP contribution in [-0.4, -0.2) is 26.3 Å². The van der Waals surface area contributed by atoms with Crippen molar-refractivity contribution in [3.63, 3.8) is 0 Å². The maximum absolute atomic E-state index is 4.56. The van der Waals surface area contributed by atoms with E-state index in [0.717, 1.165) is 30.3 Å². The number of pyridine rings is 1. The maximum Gasteiger partial charge on any atom is 0.177 e. The number of nitrogens with one attached hydrogen (secondary N) is 1. The average molecular weight is 245 g/mol. The monoisotopic (exact) mass is 245 g/mol. The van der Waals surface area contributed by atoms with Crippen molar-refractivity contribution in [2.24, 2.45) is 0 Å². The Hall–Kier alpha value is -1.91. The van der Waals surface area contributed by atoms with Gasteiger partial charge in [0.25, 0.3) is 0 Å². The number of rotatable bonds is 5. The summed E-state index contributed by atoms with van der Waals surface area (Å²) in [4.78, 5) is 8.85. The Morgan fingerprint density at radius 3 is 2.89 bits per heavy atom. The summed E-state index contributed by atoms with van der Waals surface area (Å²) in [6.07, 6.45) is 2.65. The Labute approximate surface area is 107 Å². The number of hydrogen-bond acceptors (Lipinski definition) is 4. The molecule has 2 heterocycles. The molecule has 0 aliphatic rings. The molecule has 2 rings (SSSR count). The lowest BCUT2D eigenvalue weighted by Gasteiger charge is -2.10. The van der Waals surface area contributed by atoms with Crippen LogP contribution in [0, 0.1) is 0 Å². The van der Waals surface area contributed by atoms with Gasteiger partial charge in [-0.3, -0.25) is 0 Å². The first-order valence-corrected chi connectivity index (χ1v) is 6.33. The van der Waals surface area contributed by atoms with Crippen LogP contribution in [0.25, 0.3) is 11.5 Å². The first kappa shape index (κ1) is 12.5. The van der Waals surface area contributed by atoms with Gasteiger partial charge < -0.3 is 5.32 Å². The molecule has 0 aliphatic carbocycles. The summed E-state index contributed by atoms with van der Waals surface area (Å²) in [7, 11) is 0. The largest absolute Gasteiger partial charge is 0.370 e. The van der Waals surface area contributed by atoms with E-state index >= 15 is 0 Å². The van der Waals surface area contributed by atoms with Gasteiger partial charge >= 0.3 is 0 Å². The van der Waals surface area contributed by atoms with Crippen molar-refractivity contribution in [1.29, 1.82) is 0 Å². The SMILES string of the molecule is CCCNc1cccc(-c2ncnn2C(C)C)n1. The topological polar surface area (TPSA) is 55.6 Å². The summed E-state index contributed by atoms with van der Waals surface area (Å²) in [5.74, 6) is 1.69. The second-order valence-corrected chi connectivity index (χ2v) is 4.46. The highest BCUT2D eigenvalue weighted by molar-refractivity contribution is 5.53. The molecule has 0 saturated carbocycles. The molecule has 0 saturated heterocycles. The van der Waals surface area contributed by atoms with Crippen molar-refractivity contribution in [3.8, 4) is 11.5 Å². The predicted octanol–water partition coefficient (Wildman–Crippen LogP) is 2.74. The van der Waals surface area contributed by atoms with Crippen molar-refractivity contribution in [3.05, 3.63) is 24.5 Å². The minimum Gasteiger partial charge on any atom is -0.370 e. The van der Waals surface area contributed by atoms with Crippen LogP contribution in [0.2, 0.25) is 0 Å². The summed E-state index contributed by atoms with van der Waals surface area (Å²) in [6.45, 7) is 7.22. The number of hydrogen-bond donors (Lipinski definition) is 1. The summed E-state index contributed by atoms with van der Waals surface area (Å²) in [6, 6.07) is 6.19. The van der Waals surface area contributed by atoms with Crippen molar-refractivity contribution in [1.82, 2.24) is 19.7 Å². The molecule has 0 aromatic carbocycles. The van der Waals surface area contributed by atoms with Gasteiger partial charge in [-0.15, -0.1) is 0 Å². The average Bonchev–Trinajstić information content (AvgIpc) is 2.86. The minimum atomic E-state index is 0.275. The second kappa shape index (κ2) is 5.62. The van der Waals surface area contributed by atoms with Crippen LogP contribution in [-0.2, 0) is 0 Å². The minimum absolute atomic E-state index is 0.275. The zero-order chi connectivity index (χ0) is 13.0. The predicted molar refractivity (Wildman–Crippen MR) is 72.4 cm³/mol. The van der Waals surface area contributed by atoms with E-state index in [2.05, 4.69) is 41.2 Å². The van der Waals surface area contributed by atoms with Gasteiger partial charge in [-0.2, -0.15) is 5.10 Å². The molecule has 1 N–H and O–H groups in total. The molecule has 2 aromatic rings. The molecular weight excluding hydrogens is 226 g/mol. The summed E-state index contributed by atoms with van der Waals surface area (Å²) >= 11 is 0. The van der Waals surface area contributed by atoms with Crippen molar-refractivity contribution in [2.45, 2.75) is 33.2 Å². The molecule has 2 aromatic heterocycles. The molecule has 0 radical (unpaired) electrons.